The van der Waals surface area contributed by atoms with Crippen LogP contribution in [0, 0.1) is 5.82 Å². The van der Waals surface area contributed by atoms with E-state index in [0.29, 0.717) is 24.6 Å². The van der Waals surface area contributed by atoms with Crippen LogP contribution in [0.4, 0.5) is 4.39 Å². The normalized spacial score (nSPS) is 14.7. The van der Waals surface area contributed by atoms with E-state index in [-0.39, 0.29) is 23.3 Å². The number of nitrogens with zero attached hydrogens (tertiary/aromatic N) is 3. The number of furan rings is 1. The molecule has 30 heavy (non-hydrogen) atoms. The average Bonchev–Trinajstić information content (AvgIpc) is 3.23. The van der Waals surface area contributed by atoms with Gasteiger partial charge < -0.3 is 14.1 Å². The molecule has 4 rings (SSSR count). The van der Waals surface area contributed by atoms with Crippen LogP contribution < -0.4 is 4.74 Å². The van der Waals surface area contributed by atoms with Gasteiger partial charge in [-0.15, -0.1) is 0 Å². The maximum absolute atomic E-state index is 13.1. The van der Waals surface area contributed by atoms with Crippen LogP contribution in [0.5, 0.6) is 5.75 Å². The molecule has 0 unspecified atom stereocenters. The number of benzene rings is 1. The lowest BCUT2D eigenvalue weighted by molar-refractivity contribution is 0.0594. The molecule has 1 fully saturated rings. The highest BCUT2D eigenvalue weighted by atomic mass is 35.5. The molecule has 8 heteroatoms. The van der Waals surface area contributed by atoms with E-state index in [1.165, 1.54) is 18.2 Å². The summed E-state index contributed by atoms with van der Waals surface area (Å²) in [7, 11) is 0. The molecule has 1 aliphatic heterocycles. The lowest BCUT2D eigenvalue weighted by atomic mass is 10.2. The molecule has 2 aromatic heterocycles. The number of piperazine rings is 1. The predicted octanol–water partition coefficient (Wildman–Crippen LogP) is 4.00. The monoisotopic (exact) mass is 429 g/mol. The summed E-state index contributed by atoms with van der Waals surface area (Å²) in [6.07, 6.45) is 3.63. The van der Waals surface area contributed by atoms with Gasteiger partial charge in [-0.1, -0.05) is 17.7 Å². The number of ether oxygens (including phenoxy) is 1. The topological polar surface area (TPSA) is 58.8 Å². The molecule has 1 saturated heterocycles. The molecule has 0 atom stereocenters. The van der Waals surface area contributed by atoms with Crippen LogP contribution in [0.25, 0.3) is 0 Å². The molecule has 3 aromatic rings. The Balaban J connectivity index is 1.29. The first-order valence-corrected chi connectivity index (χ1v) is 10.0. The van der Waals surface area contributed by atoms with E-state index < -0.39 is 5.82 Å². The fourth-order valence-electron chi connectivity index (χ4n) is 3.33. The molecular formula is C22H21ClFN3O3. The van der Waals surface area contributed by atoms with Crippen LogP contribution in [-0.2, 0) is 13.2 Å². The molecule has 3 heterocycles. The van der Waals surface area contributed by atoms with Crippen molar-refractivity contribution in [1.82, 2.24) is 14.8 Å². The van der Waals surface area contributed by atoms with E-state index in [1.54, 1.807) is 23.2 Å². The Morgan fingerprint density at radius 2 is 2.00 bits per heavy atom. The number of hydrogen-bond donors (Lipinski definition) is 0. The Hall–Kier alpha value is -2.90. The van der Waals surface area contributed by atoms with Crippen molar-refractivity contribution >= 4 is 17.5 Å². The van der Waals surface area contributed by atoms with Crippen molar-refractivity contribution in [2.24, 2.45) is 0 Å². The predicted molar refractivity (Wildman–Crippen MR) is 110 cm³/mol. The van der Waals surface area contributed by atoms with Gasteiger partial charge in [-0.25, -0.2) is 4.39 Å². The summed E-state index contributed by atoms with van der Waals surface area (Å²) in [6.45, 7) is 3.77. The van der Waals surface area contributed by atoms with Gasteiger partial charge in [-0.05, 0) is 42.0 Å². The van der Waals surface area contributed by atoms with Crippen molar-refractivity contribution in [3.05, 3.63) is 82.8 Å². The van der Waals surface area contributed by atoms with Crippen molar-refractivity contribution < 1.29 is 18.3 Å². The number of aromatic nitrogens is 1. The lowest BCUT2D eigenvalue weighted by Crippen LogP contribution is -2.48. The van der Waals surface area contributed by atoms with Crippen molar-refractivity contribution in [3.63, 3.8) is 0 Å². The second-order valence-electron chi connectivity index (χ2n) is 7.06. The van der Waals surface area contributed by atoms with Crippen LogP contribution in [0.15, 0.2) is 59.3 Å². The van der Waals surface area contributed by atoms with Gasteiger partial charge in [-0.2, -0.15) is 0 Å². The molecule has 0 spiro atoms. The number of halogens is 2. The first-order valence-electron chi connectivity index (χ1n) is 9.65. The van der Waals surface area contributed by atoms with Crippen molar-refractivity contribution in [2.75, 3.05) is 26.2 Å². The highest BCUT2D eigenvalue weighted by Gasteiger charge is 2.24. The third-order valence-corrected chi connectivity index (χ3v) is 5.22. The molecule has 156 valence electrons. The zero-order chi connectivity index (χ0) is 20.9. The Morgan fingerprint density at radius 1 is 1.17 bits per heavy atom. The van der Waals surface area contributed by atoms with Gasteiger partial charge in [0.05, 0.1) is 5.02 Å². The fraction of sp³-hybridized carbons (Fsp3) is 0.273. The summed E-state index contributed by atoms with van der Waals surface area (Å²) in [4.78, 5) is 21.0. The first-order chi connectivity index (χ1) is 14.6. The average molecular weight is 430 g/mol. The molecule has 0 radical (unpaired) electrons. The van der Waals surface area contributed by atoms with Gasteiger partial charge in [0.2, 0.25) is 0 Å². The molecule has 0 N–H and O–H groups in total. The van der Waals surface area contributed by atoms with Gasteiger partial charge in [0.1, 0.15) is 23.9 Å². The van der Waals surface area contributed by atoms with Crippen LogP contribution in [0.3, 0.4) is 0 Å². The van der Waals surface area contributed by atoms with Crippen LogP contribution in [0.2, 0.25) is 5.02 Å². The third kappa shape index (κ3) is 4.98. The van der Waals surface area contributed by atoms with Crippen LogP contribution in [0.1, 0.15) is 21.9 Å². The van der Waals surface area contributed by atoms with E-state index in [0.717, 1.165) is 25.2 Å². The summed E-state index contributed by atoms with van der Waals surface area (Å²) in [6, 6.07) is 11.2. The summed E-state index contributed by atoms with van der Waals surface area (Å²) in [5.74, 6) is 0.557. The van der Waals surface area contributed by atoms with E-state index in [4.69, 9.17) is 20.8 Å². The SMILES string of the molecule is O=C(c1ccc(COc2ccc(F)cc2Cl)o1)N1CCN(Cc2cccnc2)CC1. The number of pyridine rings is 1. The standard InChI is InChI=1S/C22H21ClFN3O3/c23-19-12-17(24)3-5-20(19)29-15-18-4-6-21(30-18)22(28)27-10-8-26(9-11-27)14-16-2-1-7-25-13-16/h1-7,12-13H,8-11,14-15H2. The third-order valence-electron chi connectivity index (χ3n) is 4.92. The molecule has 1 amide bonds. The van der Waals surface area contributed by atoms with E-state index in [9.17, 15) is 9.18 Å². The van der Waals surface area contributed by atoms with Gasteiger partial charge in [0.15, 0.2) is 5.76 Å². The van der Waals surface area contributed by atoms with Gasteiger partial charge in [0.25, 0.3) is 5.91 Å². The second kappa shape index (κ2) is 9.28. The quantitative estimate of drug-likeness (QED) is 0.592. The molecular weight excluding hydrogens is 409 g/mol. The highest BCUT2D eigenvalue weighted by Crippen LogP contribution is 2.26. The van der Waals surface area contributed by atoms with E-state index >= 15 is 0 Å². The largest absolute Gasteiger partial charge is 0.484 e. The van der Waals surface area contributed by atoms with E-state index in [2.05, 4.69) is 16.0 Å². The number of carbonyl (C=O) groups excluding carboxylic acids is 1. The number of amides is 1. The minimum Gasteiger partial charge on any atom is -0.484 e. The molecule has 6 nitrogen and oxygen atoms in total. The van der Waals surface area contributed by atoms with Crippen molar-refractivity contribution in [3.8, 4) is 5.75 Å². The lowest BCUT2D eigenvalue weighted by Gasteiger charge is -2.34. The summed E-state index contributed by atoms with van der Waals surface area (Å²) >= 11 is 5.95. The van der Waals surface area contributed by atoms with Crippen LogP contribution >= 0.6 is 11.6 Å². The van der Waals surface area contributed by atoms with Gasteiger partial charge in [0, 0.05) is 45.1 Å². The number of rotatable bonds is 6. The summed E-state index contributed by atoms with van der Waals surface area (Å²) in [5.41, 5.74) is 1.16. The zero-order valence-electron chi connectivity index (χ0n) is 16.3. The molecule has 0 saturated carbocycles. The molecule has 1 aromatic carbocycles. The Bertz CT molecular complexity index is 1000. The molecule has 0 bridgehead atoms. The van der Waals surface area contributed by atoms with Gasteiger partial charge >= 0.3 is 0 Å². The number of hydrogen-bond acceptors (Lipinski definition) is 5. The molecule has 0 aliphatic carbocycles. The smallest absolute Gasteiger partial charge is 0.289 e. The zero-order valence-corrected chi connectivity index (χ0v) is 17.0. The number of carbonyl (C=O) groups is 1. The minimum absolute atomic E-state index is 0.0948. The first kappa shape index (κ1) is 20.4. The summed E-state index contributed by atoms with van der Waals surface area (Å²) in [5, 5.41) is 0.182. The Kier molecular flexibility index (Phi) is 6.30. The Labute approximate surface area is 178 Å². The minimum atomic E-state index is -0.432. The maximum atomic E-state index is 13.1. The molecule has 1 aliphatic rings. The van der Waals surface area contributed by atoms with Crippen LogP contribution in [-0.4, -0.2) is 46.9 Å². The second-order valence-corrected chi connectivity index (χ2v) is 7.47. The maximum Gasteiger partial charge on any atom is 0.289 e. The highest BCUT2D eigenvalue weighted by molar-refractivity contribution is 6.32. The summed E-state index contributed by atoms with van der Waals surface area (Å²) < 4.78 is 24.3. The van der Waals surface area contributed by atoms with Crippen molar-refractivity contribution in [2.45, 2.75) is 13.2 Å². The van der Waals surface area contributed by atoms with E-state index in [1.807, 2.05) is 12.3 Å². The van der Waals surface area contributed by atoms with Crippen molar-refractivity contribution in [1.29, 1.82) is 0 Å². The van der Waals surface area contributed by atoms with Gasteiger partial charge in [-0.3, -0.25) is 14.7 Å². The fourth-order valence-corrected chi connectivity index (χ4v) is 3.55. The Morgan fingerprint density at radius 3 is 2.73 bits per heavy atom.